The van der Waals surface area contributed by atoms with Gasteiger partial charge in [-0.1, -0.05) is 49.9 Å². The molecule has 0 heterocycles. The number of anilines is 1. The number of methoxy groups -OCH3 is 1. The molecule has 0 unspecified atom stereocenters. The molecule has 0 aliphatic heterocycles. The molecular formula is C28H38ClN3O5S. The van der Waals surface area contributed by atoms with Crippen LogP contribution in [0.5, 0.6) is 5.75 Å². The predicted molar refractivity (Wildman–Crippen MR) is 151 cm³/mol. The summed E-state index contributed by atoms with van der Waals surface area (Å²) in [6.07, 6.45) is 6.60. The van der Waals surface area contributed by atoms with Gasteiger partial charge >= 0.3 is 0 Å². The maximum atomic E-state index is 13.9. The van der Waals surface area contributed by atoms with Crippen LogP contribution in [0.1, 0.15) is 56.6 Å². The van der Waals surface area contributed by atoms with Crippen molar-refractivity contribution in [1.29, 1.82) is 0 Å². The fraction of sp³-hybridized carbons (Fsp3) is 0.500. The molecule has 1 aliphatic rings. The first kappa shape index (κ1) is 29.8. The third-order valence-corrected chi connectivity index (χ3v) is 8.32. The Labute approximate surface area is 231 Å². The highest BCUT2D eigenvalue weighted by Gasteiger charge is 2.33. The summed E-state index contributed by atoms with van der Waals surface area (Å²) in [7, 11) is -2.24. The molecule has 0 radical (unpaired) electrons. The molecule has 1 aliphatic carbocycles. The molecule has 0 bridgehead atoms. The van der Waals surface area contributed by atoms with E-state index >= 15 is 0 Å². The topological polar surface area (TPSA) is 96.0 Å². The second-order valence-corrected chi connectivity index (χ2v) is 12.2. The highest BCUT2D eigenvalue weighted by Crippen LogP contribution is 2.26. The van der Waals surface area contributed by atoms with E-state index < -0.39 is 28.5 Å². The molecule has 1 N–H and O–H groups in total. The standard InChI is InChI=1S/C28H38ClN3O5S/c1-5-25(28(34)30-23-9-7-6-8-10-23)31(18-21-11-14-24(37-3)15-12-21)27(33)19-32(38(4,35)36)26-16-13-22(29)17-20(26)2/h11-17,23,25H,5-10,18-19H2,1-4H3,(H,30,34)/t25-/m1/s1. The monoisotopic (exact) mass is 563 g/mol. The van der Waals surface area contributed by atoms with E-state index in [1.807, 2.05) is 19.1 Å². The number of nitrogens with one attached hydrogen (secondary N) is 1. The van der Waals surface area contributed by atoms with Crippen LogP contribution in [-0.2, 0) is 26.2 Å². The minimum Gasteiger partial charge on any atom is -0.497 e. The molecule has 2 aromatic rings. The lowest BCUT2D eigenvalue weighted by Crippen LogP contribution is -2.54. The van der Waals surface area contributed by atoms with Crippen LogP contribution in [-0.4, -0.2) is 57.1 Å². The van der Waals surface area contributed by atoms with Gasteiger partial charge < -0.3 is 15.0 Å². The number of ether oxygens (including phenoxy) is 1. The third kappa shape index (κ3) is 7.86. The van der Waals surface area contributed by atoms with Crippen LogP contribution >= 0.6 is 11.6 Å². The Hall–Kier alpha value is -2.78. The number of rotatable bonds is 11. The number of amides is 2. The second-order valence-electron chi connectivity index (χ2n) is 9.84. The summed E-state index contributed by atoms with van der Waals surface area (Å²) in [4.78, 5) is 28.8. The molecule has 2 aromatic carbocycles. The van der Waals surface area contributed by atoms with Gasteiger partial charge in [-0.3, -0.25) is 13.9 Å². The number of hydrogen-bond acceptors (Lipinski definition) is 5. The second kappa shape index (κ2) is 13.3. The minimum atomic E-state index is -3.81. The van der Waals surface area contributed by atoms with E-state index in [-0.39, 0.29) is 18.5 Å². The zero-order chi connectivity index (χ0) is 27.9. The van der Waals surface area contributed by atoms with Crippen molar-refractivity contribution in [2.24, 2.45) is 0 Å². The summed E-state index contributed by atoms with van der Waals surface area (Å²) >= 11 is 6.08. The number of hydrogen-bond donors (Lipinski definition) is 1. The van der Waals surface area contributed by atoms with Crippen LogP contribution in [0.3, 0.4) is 0 Å². The van der Waals surface area contributed by atoms with E-state index in [9.17, 15) is 18.0 Å². The zero-order valence-corrected chi connectivity index (χ0v) is 24.1. The van der Waals surface area contributed by atoms with Gasteiger partial charge in [0.25, 0.3) is 0 Å². The molecule has 208 valence electrons. The maximum absolute atomic E-state index is 13.9. The van der Waals surface area contributed by atoms with Gasteiger partial charge in [0.1, 0.15) is 18.3 Å². The molecule has 38 heavy (non-hydrogen) atoms. The number of aryl methyl sites for hydroxylation is 1. The van der Waals surface area contributed by atoms with Crippen molar-refractivity contribution in [3.8, 4) is 5.75 Å². The summed E-state index contributed by atoms with van der Waals surface area (Å²) in [5.74, 6) is -0.00347. The Bertz CT molecular complexity index is 1210. The molecule has 2 amide bonds. The van der Waals surface area contributed by atoms with Gasteiger partial charge in [-0.25, -0.2) is 8.42 Å². The van der Waals surface area contributed by atoms with Gasteiger partial charge in [0.15, 0.2) is 0 Å². The number of sulfonamides is 1. The predicted octanol–water partition coefficient (Wildman–Crippen LogP) is 4.68. The molecule has 10 heteroatoms. The number of carbonyl (C=O) groups is 2. The lowest BCUT2D eigenvalue weighted by Gasteiger charge is -2.34. The lowest BCUT2D eigenvalue weighted by atomic mass is 9.95. The highest BCUT2D eigenvalue weighted by molar-refractivity contribution is 7.92. The summed E-state index contributed by atoms with van der Waals surface area (Å²) in [5, 5.41) is 3.61. The summed E-state index contributed by atoms with van der Waals surface area (Å²) in [6.45, 7) is 3.31. The van der Waals surface area contributed by atoms with Crippen LogP contribution in [0, 0.1) is 6.92 Å². The first-order valence-corrected chi connectivity index (χ1v) is 15.2. The van der Waals surface area contributed by atoms with Crippen LogP contribution in [0.15, 0.2) is 42.5 Å². The third-order valence-electron chi connectivity index (χ3n) is 6.96. The normalized spacial score (nSPS) is 15.0. The minimum absolute atomic E-state index is 0.0903. The van der Waals surface area contributed by atoms with Crippen LogP contribution in [0.4, 0.5) is 5.69 Å². The summed E-state index contributed by atoms with van der Waals surface area (Å²) in [5.41, 5.74) is 1.80. The zero-order valence-electron chi connectivity index (χ0n) is 22.6. The number of nitrogens with zero attached hydrogens (tertiary/aromatic N) is 2. The van der Waals surface area contributed by atoms with E-state index in [4.69, 9.17) is 16.3 Å². The van der Waals surface area contributed by atoms with E-state index in [2.05, 4.69) is 5.32 Å². The van der Waals surface area contributed by atoms with E-state index in [1.165, 1.54) is 4.90 Å². The average Bonchev–Trinajstić information content (AvgIpc) is 2.88. The van der Waals surface area contributed by atoms with Crippen molar-refractivity contribution in [2.45, 2.75) is 71.0 Å². The van der Waals surface area contributed by atoms with Gasteiger partial charge in [0.2, 0.25) is 21.8 Å². The van der Waals surface area contributed by atoms with Gasteiger partial charge in [0, 0.05) is 17.6 Å². The molecule has 1 saturated carbocycles. The van der Waals surface area contributed by atoms with Crippen molar-refractivity contribution in [3.05, 3.63) is 58.6 Å². The van der Waals surface area contributed by atoms with Gasteiger partial charge in [-0.15, -0.1) is 0 Å². The number of benzene rings is 2. The largest absolute Gasteiger partial charge is 0.497 e. The van der Waals surface area contributed by atoms with Gasteiger partial charge in [0.05, 0.1) is 19.1 Å². The molecule has 0 saturated heterocycles. The van der Waals surface area contributed by atoms with Crippen molar-refractivity contribution < 1.29 is 22.7 Å². The van der Waals surface area contributed by atoms with Crippen molar-refractivity contribution in [3.63, 3.8) is 0 Å². The highest BCUT2D eigenvalue weighted by atomic mass is 35.5. The molecule has 1 atom stereocenters. The Morgan fingerprint density at radius 1 is 1.11 bits per heavy atom. The first-order chi connectivity index (χ1) is 18.0. The van der Waals surface area contributed by atoms with Crippen molar-refractivity contribution >= 4 is 39.1 Å². The van der Waals surface area contributed by atoms with Crippen molar-refractivity contribution in [2.75, 3.05) is 24.2 Å². The average molecular weight is 564 g/mol. The Kier molecular flexibility index (Phi) is 10.4. The fourth-order valence-corrected chi connectivity index (χ4v) is 6.02. The molecular weight excluding hydrogens is 526 g/mol. The molecule has 0 spiro atoms. The van der Waals surface area contributed by atoms with Crippen molar-refractivity contribution in [1.82, 2.24) is 10.2 Å². The Balaban J connectivity index is 1.93. The fourth-order valence-electron chi connectivity index (χ4n) is 4.88. The Morgan fingerprint density at radius 2 is 1.76 bits per heavy atom. The van der Waals surface area contributed by atoms with E-state index in [0.717, 1.165) is 48.2 Å². The van der Waals surface area contributed by atoms with Crippen LogP contribution in [0.2, 0.25) is 5.02 Å². The van der Waals surface area contributed by atoms with Gasteiger partial charge in [-0.05, 0) is 67.6 Å². The van der Waals surface area contributed by atoms with Gasteiger partial charge in [-0.2, -0.15) is 0 Å². The number of carbonyl (C=O) groups excluding carboxylic acids is 2. The van der Waals surface area contributed by atoms with Crippen LogP contribution in [0.25, 0.3) is 0 Å². The van der Waals surface area contributed by atoms with Crippen LogP contribution < -0.4 is 14.4 Å². The Morgan fingerprint density at radius 3 is 2.32 bits per heavy atom. The first-order valence-electron chi connectivity index (χ1n) is 13.0. The maximum Gasteiger partial charge on any atom is 0.244 e. The molecule has 3 rings (SSSR count). The molecule has 8 nitrogen and oxygen atoms in total. The van der Waals surface area contributed by atoms with E-state index in [1.54, 1.807) is 44.4 Å². The smallest absolute Gasteiger partial charge is 0.244 e. The lowest BCUT2D eigenvalue weighted by molar-refractivity contribution is -0.140. The SMILES string of the molecule is CC[C@H](C(=O)NC1CCCCC1)N(Cc1ccc(OC)cc1)C(=O)CN(c1ccc(Cl)cc1C)S(C)(=O)=O. The number of halogens is 1. The van der Waals surface area contributed by atoms with E-state index in [0.29, 0.717) is 28.4 Å². The summed E-state index contributed by atoms with van der Waals surface area (Å²) in [6, 6.07) is 11.4. The molecule has 0 aromatic heterocycles. The summed E-state index contributed by atoms with van der Waals surface area (Å²) < 4.78 is 32.0. The quantitative estimate of drug-likeness (QED) is 0.428. The molecule has 1 fully saturated rings.